The summed E-state index contributed by atoms with van der Waals surface area (Å²) in [5.74, 6) is 1.40. The Labute approximate surface area is 159 Å². The van der Waals surface area contributed by atoms with Crippen molar-refractivity contribution in [1.82, 2.24) is 14.9 Å². The second-order valence-electron chi connectivity index (χ2n) is 7.10. The summed E-state index contributed by atoms with van der Waals surface area (Å²) in [6.45, 7) is 8.73. The lowest BCUT2D eigenvalue weighted by atomic mass is 10.1. The van der Waals surface area contributed by atoms with Gasteiger partial charge in [0.1, 0.15) is 11.6 Å². The van der Waals surface area contributed by atoms with Crippen LogP contribution in [-0.2, 0) is 0 Å². The van der Waals surface area contributed by atoms with Gasteiger partial charge in [-0.1, -0.05) is 19.9 Å². The predicted molar refractivity (Wildman–Crippen MR) is 104 cm³/mol. The molecule has 7 nitrogen and oxygen atoms in total. The van der Waals surface area contributed by atoms with Crippen molar-refractivity contribution in [2.24, 2.45) is 5.73 Å². The fourth-order valence-electron chi connectivity index (χ4n) is 3.12. The molecule has 3 rings (SSSR count). The molecular weight excluding hydrogens is 342 g/mol. The van der Waals surface area contributed by atoms with Crippen LogP contribution in [0.15, 0.2) is 30.3 Å². The van der Waals surface area contributed by atoms with Crippen molar-refractivity contribution >= 4 is 17.6 Å². The number of nitrogens with zero attached hydrogens (tertiary/aromatic N) is 4. The van der Waals surface area contributed by atoms with Gasteiger partial charge in [-0.15, -0.1) is 0 Å². The number of nitrogens with two attached hydrogens (primary N) is 1. The van der Waals surface area contributed by atoms with Gasteiger partial charge in [-0.2, -0.15) is 0 Å². The summed E-state index contributed by atoms with van der Waals surface area (Å²) in [6, 6.07) is 8.55. The number of benzene rings is 1. The third kappa shape index (κ3) is 4.24. The quantitative estimate of drug-likeness (QED) is 0.892. The predicted octanol–water partition coefficient (Wildman–Crippen LogP) is 1.97. The van der Waals surface area contributed by atoms with Gasteiger partial charge in [0.25, 0.3) is 5.91 Å². The zero-order valence-electron chi connectivity index (χ0n) is 16.0. The molecule has 1 saturated heterocycles. The second kappa shape index (κ2) is 7.73. The zero-order chi connectivity index (χ0) is 19.6. The molecule has 7 heteroatoms. The first kappa shape index (κ1) is 18.8. The van der Waals surface area contributed by atoms with Crippen molar-refractivity contribution in [3.63, 3.8) is 0 Å². The van der Waals surface area contributed by atoms with Gasteiger partial charge in [0.15, 0.2) is 0 Å². The molecule has 0 radical (unpaired) electrons. The van der Waals surface area contributed by atoms with E-state index in [0.717, 1.165) is 17.3 Å². The van der Waals surface area contributed by atoms with Gasteiger partial charge >= 0.3 is 0 Å². The summed E-state index contributed by atoms with van der Waals surface area (Å²) < 4.78 is 0. The van der Waals surface area contributed by atoms with Gasteiger partial charge in [0.05, 0.1) is 0 Å². The highest BCUT2D eigenvalue weighted by atomic mass is 16.2. The molecule has 0 saturated carbocycles. The van der Waals surface area contributed by atoms with Crippen LogP contribution in [0.3, 0.4) is 0 Å². The lowest BCUT2D eigenvalue weighted by molar-refractivity contribution is 0.0746. The van der Waals surface area contributed by atoms with E-state index in [0.29, 0.717) is 37.3 Å². The molecule has 2 heterocycles. The summed E-state index contributed by atoms with van der Waals surface area (Å²) in [4.78, 5) is 37.2. The van der Waals surface area contributed by atoms with Crippen LogP contribution in [0.2, 0.25) is 0 Å². The molecule has 0 spiro atoms. The zero-order valence-corrected chi connectivity index (χ0v) is 16.0. The lowest BCUT2D eigenvalue weighted by Crippen LogP contribution is -2.49. The first-order valence-electron chi connectivity index (χ1n) is 9.15. The Kier molecular flexibility index (Phi) is 5.39. The van der Waals surface area contributed by atoms with Crippen LogP contribution in [0.25, 0.3) is 0 Å². The van der Waals surface area contributed by atoms with Crippen LogP contribution >= 0.6 is 0 Å². The Morgan fingerprint density at radius 1 is 1.04 bits per heavy atom. The van der Waals surface area contributed by atoms with E-state index in [1.165, 1.54) is 0 Å². The number of primary amides is 1. The number of hydrogen-bond acceptors (Lipinski definition) is 5. The fourth-order valence-corrected chi connectivity index (χ4v) is 3.12. The van der Waals surface area contributed by atoms with E-state index < -0.39 is 5.91 Å². The molecule has 1 aromatic carbocycles. The average Bonchev–Trinajstić information content (AvgIpc) is 2.67. The maximum atomic E-state index is 12.7. The number of amides is 2. The molecule has 2 amide bonds. The minimum Gasteiger partial charge on any atom is -0.366 e. The number of piperazine rings is 1. The molecule has 1 aliphatic heterocycles. The standard InChI is InChI=1S/C20H25N5O2/c1-13(2)19-22-14(3)11-17(23-19)24-7-9-25(10-8-24)20(27)16-6-4-5-15(12-16)18(21)26/h4-6,11-13H,7-10H2,1-3H3,(H2,21,26). The summed E-state index contributed by atoms with van der Waals surface area (Å²) in [7, 11) is 0. The molecule has 2 aromatic rings. The van der Waals surface area contributed by atoms with E-state index in [-0.39, 0.29) is 11.8 Å². The van der Waals surface area contributed by atoms with Gasteiger partial charge in [-0.05, 0) is 25.1 Å². The van der Waals surface area contributed by atoms with Gasteiger partial charge in [0.2, 0.25) is 5.91 Å². The van der Waals surface area contributed by atoms with E-state index in [1.807, 2.05) is 13.0 Å². The first-order valence-corrected chi connectivity index (χ1v) is 9.15. The normalized spacial score (nSPS) is 14.5. The highest BCUT2D eigenvalue weighted by Crippen LogP contribution is 2.19. The smallest absolute Gasteiger partial charge is 0.253 e. The molecular formula is C20H25N5O2. The van der Waals surface area contributed by atoms with Crippen LogP contribution < -0.4 is 10.6 Å². The van der Waals surface area contributed by atoms with Crippen LogP contribution in [0.4, 0.5) is 5.82 Å². The number of rotatable bonds is 4. The van der Waals surface area contributed by atoms with Crippen LogP contribution in [-0.4, -0.2) is 52.9 Å². The molecule has 0 unspecified atom stereocenters. The van der Waals surface area contributed by atoms with Gasteiger partial charge < -0.3 is 15.5 Å². The van der Waals surface area contributed by atoms with E-state index in [9.17, 15) is 9.59 Å². The Morgan fingerprint density at radius 3 is 2.33 bits per heavy atom. The Balaban J connectivity index is 1.69. The van der Waals surface area contributed by atoms with Crippen molar-refractivity contribution in [3.8, 4) is 0 Å². The topological polar surface area (TPSA) is 92.4 Å². The number of aryl methyl sites for hydroxylation is 1. The van der Waals surface area contributed by atoms with E-state index in [4.69, 9.17) is 5.73 Å². The van der Waals surface area contributed by atoms with Crippen LogP contribution in [0, 0.1) is 6.92 Å². The fraction of sp³-hybridized carbons (Fsp3) is 0.400. The van der Waals surface area contributed by atoms with E-state index in [1.54, 1.807) is 29.2 Å². The molecule has 1 aliphatic rings. The SMILES string of the molecule is Cc1cc(N2CCN(C(=O)c3cccc(C(N)=O)c3)CC2)nc(C(C)C)n1. The largest absolute Gasteiger partial charge is 0.366 e. The molecule has 27 heavy (non-hydrogen) atoms. The van der Waals surface area contributed by atoms with Crippen LogP contribution in [0.1, 0.15) is 52.0 Å². The highest BCUT2D eigenvalue weighted by Gasteiger charge is 2.24. The summed E-state index contributed by atoms with van der Waals surface area (Å²) in [5.41, 5.74) is 7.09. The van der Waals surface area contributed by atoms with Crippen LogP contribution in [0.5, 0.6) is 0 Å². The Bertz CT molecular complexity index is 857. The number of carbonyl (C=O) groups excluding carboxylic acids is 2. The average molecular weight is 367 g/mol. The minimum atomic E-state index is -0.533. The van der Waals surface area contributed by atoms with Crippen molar-refractivity contribution in [3.05, 3.63) is 53.0 Å². The van der Waals surface area contributed by atoms with Crippen molar-refractivity contribution < 1.29 is 9.59 Å². The van der Waals surface area contributed by atoms with Gasteiger partial charge in [-0.25, -0.2) is 9.97 Å². The van der Waals surface area contributed by atoms with Crippen molar-refractivity contribution in [2.75, 3.05) is 31.1 Å². The third-order valence-corrected chi connectivity index (χ3v) is 4.66. The molecule has 0 bridgehead atoms. The molecule has 2 N–H and O–H groups in total. The highest BCUT2D eigenvalue weighted by molar-refractivity contribution is 5.99. The number of aromatic nitrogens is 2. The second-order valence-corrected chi connectivity index (χ2v) is 7.10. The first-order chi connectivity index (χ1) is 12.8. The van der Waals surface area contributed by atoms with E-state index >= 15 is 0 Å². The molecule has 1 fully saturated rings. The maximum absolute atomic E-state index is 12.7. The maximum Gasteiger partial charge on any atom is 0.253 e. The third-order valence-electron chi connectivity index (χ3n) is 4.66. The number of carbonyl (C=O) groups is 2. The number of hydrogen-bond donors (Lipinski definition) is 1. The summed E-state index contributed by atoms with van der Waals surface area (Å²) in [6.07, 6.45) is 0. The van der Waals surface area contributed by atoms with Crippen molar-refractivity contribution in [2.45, 2.75) is 26.7 Å². The molecule has 0 atom stereocenters. The number of anilines is 1. The van der Waals surface area contributed by atoms with E-state index in [2.05, 4.69) is 28.7 Å². The Hall–Kier alpha value is -2.96. The van der Waals surface area contributed by atoms with Crippen molar-refractivity contribution in [1.29, 1.82) is 0 Å². The van der Waals surface area contributed by atoms with Gasteiger partial charge in [-0.3, -0.25) is 9.59 Å². The molecule has 142 valence electrons. The summed E-state index contributed by atoms with van der Waals surface area (Å²) >= 11 is 0. The monoisotopic (exact) mass is 367 g/mol. The van der Waals surface area contributed by atoms with Gasteiger partial charge in [0, 0.05) is 55.0 Å². The lowest BCUT2D eigenvalue weighted by Gasteiger charge is -2.35. The Morgan fingerprint density at radius 2 is 1.70 bits per heavy atom. The minimum absolute atomic E-state index is 0.0838. The summed E-state index contributed by atoms with van der Waals surface area (Å²) in [5, 5.41) is 0. The molecule has 0 aliphatic carbocycles. The molecule has 1 aromatic heterocycles.